The smallest absolute Gasteiger partial charge is 0.258 e. The summed E-state index contributed by atoms with van der Waals surface area (Å²) in [5.74, 6) is 1.80. The van der Waals surface area contributed by atoms with E-state index in [1.807, 2.05) is 47.0 Å². The first kappa shape index (κ1) is 18.5. The van der Waals surface area contributed by atoms with Gasteiger partial charge < -0.3 is 4.98 Å². The highest BCUT2D eigenvalue weighted by Crippen LogP contribution is 2.26. The standard InChI is InChI=1S/C20H16ClN5OS/c1-2-11-26-18(13-7-9-14(21)10-8-13)24-25-20(26)28-12-17-22-16-6-4-3-5-15(16)19(27)23-17/h2-10H,1,11-12H2,(H,22,23,27). The minimum atomic E-state index is -0.143. The number of allylic oxidation sites excluding steroid dienone is 1. The molecule has 2 heterocycles. The van der Waals surface area contributed by atoms with Crippen molar-refractivity contribution in [3.63, 3.8) is 0 Å². The molecule has 0 saturated heterocycles. The van der Waals surface area contributed by atoms with Gasteiger partial charge in [0.2, 0.25) is 0 Å². The molecule has 4 rings (SSSR count). The van der Waals surface area contributed by atoms with Gasteiger partial charge in [-0.1, -0.05) is 41.6 Å². The van der Waals surface area contributed by atoms with Crippen molar-refractivity contribution in [1.29, 1.82) is 0 Å². The van der Waals surface area contributed by atoms with Gasteiger partial charge in [0.1, 0.15) is 5.82 Å². The number of aromatic amines is 1. The maximum absolute atomic E-state index is 12.2. The molecule has 0 bridgehead atoms. The third-order valence-corrected chi connectivity index (χ3v) is 5.36. The van der Waals surface area contributed by atoms with Gasteiger partial charge in [-0.2, -0.15) is 0 Å². The highest BCUT2D eigenvalue weighted by atomic mass is 35.5. The zero-order valence-electron chi connectivity index (χ0n) is 14.8. The Morgan fingerprint density at radius 3 is 2.71 bits per heavy atom. The Hall–Kier alpha value is -2.90. The molecule has 0 saturated carbocycles. The Balaban J connectivity index is 1.62. The van der Waals surface area contributed by atoms with E-state index in [0.29, 0.717) is 34.0 Å². The fourth-order valence-electron chi connectivity index (χ4n) is 2.84. The number of aromatic nitrogens is 5. The molecule has 0 fully saturated rings. The number of hydrogen-bond acceptors (Lipinski definition) is 5. The van der Waals surface area contributed by atoms with Crippen LogP contribution in [0.2, 0.25) is 5.02 Å². The van der Waals surface area contributed by atoms with E-state index in [-0.39, 0.29) is 5.56 Å². The summed E-state index contributed by atoms with van der Waals surface area (Å²) in [6.45, 7) is 4.39. The molecule has 0 spiro atoms. The summed E-state index contributed by atoms with van der Waals surface area (Å²) in [5, 5.41) is 10.6. The normalized spacial score (nSPS) is 11.0. The minimum Gasteiger partial charge on any atom is -0.309 e. The van der Waals surface area contributed by atoms with Gasteiger partial charge in [-0.3, -0.25) is 9.36 Å². The van der Waals surface area contributed by atoms with Crippen LogP contribution in [-0.2, 0) is 12.3 Å². The van der Waals surface area contributed by atoms with Crippen LogP contribution >= 0.6 is 23.4 Å². The van der Waals surface area contributed by atoms with Gasteiger partial charge in [0, 0.05) is 17.1 Å². The van der Waals surface area contributed by atoms with Crippen molar-refractivity contribution in [2.75, 3.05) is 0 Å². The highest BCUT2D eigenvalue weighted by molar-refractivity contribution is 7.98. The molecule has 6 nitrogen and oxygen atoms in total. The van der Waals surface area contributed by atoms with Gasteiger partial charge in [-0.25, -0.2) is 4.98 Å². The predicted octanol–water partition coefficient (Wildman–Crippen LogP) is 4.31. The van der Waals surface area contributed by atoms with Gasteiger partial charge in [0.15, 0.2) is 11.0 Å². The van der Waals surface area contributed by atoms with Gasteiger partial charge in [0.25, 0.3) is 5.56 Å². The van der Waals surface area contributed by atoms with Crippen molar-refractivity contribution < 1.29 is 0 Å². The number of nitrogens with one attached hydrogen (secondary N) is 1. The lowest BCUT2D eigenvalue weighted by Crippen LogP contribution is -2.11. The Kier molecular flexibility index (Phi) is 5.27. The first-order valence-electron chi connectivity index (χ1n) is 8.56. The van der Waals surface area contributed by atoms with Crippen molar-refractivity contribution in [2.45, 2.75) is 17.5 Å². The molecular formula is C20H16ClN5OS. The number of thioether (sulfide) groups is 1. The Morgan fingerprint density at radius 1 is 1.14 bits per heavy atom. The largest absolute Gasteiger partial charge is 0.309 e. The van der Waals surface area contributed by atoms with Gasteiger partial charge in [-0.05, 0) is 36.4 Å². The summed E-state index contributed by atoms with van der Waals surface area (Å²) < 4.78 is 1.97. The molecule has 28 heavy (non-hydrogen) atoms. The highest BCUT2D eigenvalue weighted by Gasteiger charge is 2.14. The molecule has 0 aliphatic carbocycles. The molecule has 0 aliphatic heterocycles. The lowest BCUT2D eigenvalue weighted by Gasteiger charge is -2.08. The van der Waals surface area contributed by atoms with E-state index in [9.17, 15) is 4.79 Å². The second-order valence-corrected chi connectivity index (χ2v) is 7.41. The van der Waals surface area contributed by atoms with Crippen LogP contribution in [0.5, 0.6) is 0 Å². The van der Waals surface area contributed by atoms with Crippen LogP contribution in [0.15, 0.2) is 71.1 Å². The van der Waals surface area contributed by atoms with Gasteiger partial charge in [-0.15, -0.1) is 16.8 Å². The van der Waals surface area contributed by atoms with Crippen molar-refractivity contribution >= 4 is 34.3 Å². The third-order valence-electron chi connectivity index (χ3n) is 4.13. The summed E-state index contributed by atoms with van der Waals surface area (Å²) in [4.78, 5) is 19.6. The zero-order chi connectivity index (χ0) is 19.5. The molecule has 0 atom stereocenters. The van der Waals surface area contributed by atoms with E-state index in [4.69, 9.17) is 11.6 Å². The van der Waals surface area contributed by atoms with E-state index in [1.54, 1.807) is 12.1 Å². The molecule has 2 aromatic carbocycles. The number of hydrogen-bond donors (Lipinski definition) is 1. The average molecular weight is 410 g/mol. The molecule has 0 aliphatic rings. The molecular weight excluding hydrogens is 394 g/mol. The number of H-pyrrole nitrogens is 1. The molecule has 4 aromatic rings. The molecule has 2 aromatic heterocycles. The third kappa shape index (κ3) is 3.72. The summed E-state index contributed by atoms with van der Waals surface area (Å²) in [6, 6.07) is 14.7. The monoisotopic (exact) mass is 409 g/mol. The first-order valence-corrected chi connectivity index (χ1v) is 9.93. The van der Waals surface area contributed by atoms with Gasteiger partial charge >= 0.3 is 0 Å². The Bertz CT molecular complexity index is 1200. The van der Waals surface area contributed by atoms with Crippen LogP contribution in [0.4, 0.5) is 0 Å². The number of rotatable bonds is 6. The number of fused-ring (bicyclic) bond motifs is 1. The second kappa shape index (κ2) is 8.00. The maximum Gasteiger partial charge on any atom is 0.258 e. The number of halogens is 1. The van der Waals surface area contributed by atoms with Crippen LogP contribution in [0.25, 0.3) is 22.3 Å². The fourth-order valence-corrected chi connectivity index (χ4v) is 3.78. The SMILES string of the molecule is C=CCn1c(SCc2nc3ccccc3c(=O)[nH]2)nnc1-c1ccc(Cl)cc1. The summed E-state index contributed by atoms with van der Waals surface area (Å²) in [7, 11) is 0. The van der Waals surface area contributed by atoms with Crippen LogP contribution in [-0.4, -0.2) is 24.7 Å². The number of nitrogens with zero attached hydrogens (tertiary/aromatic N) is 4. The number of para-hydroxylation sites is 1. The van der Waals surface area contributed by atoms with E-state index in [1.165, 1.54) is 11.8 Å². The topological polar surface area (TPSA) is 76.5 Å². The average Bonchev–Trinajstić information content (AvgIpc) is 3.10. The molecule has 8 heteroatoms. The van der Waals surface area contributed by atoms with Crippen LogP contribution < -0.4 is 5.56 Å². The van der Waals surface area contributed by atoms with Crippen LogP contribution in [0.1, 0.15) is 5.82 Å². The lowest BCUT2D eigenvalue weighted by atomic mass is 10.2. The molecule has 0 amide bonds. The summed E-state index contributed by atoms with van der Waals surface area (Å²) in [5.41, 5.74) is 1.45. The lowest BCUT2D eigenvalue weighted by molar-refractivity contribution is 0.730. The molecule has 1 N–H and O–H groups in total. The van der Waals surface area contributed by atoms with Crippen molar-refractivity contribution in [2.24, 2.45) is 0 Å². The zero-order valence-corrected chi connectivity index (χ0v) is 16.4. The maximum atomic E-state index is 12.2. The Morgan fingerprint density at radius 2 is 1.93 bits per heavy atom. The van der Waals surface area contributed by atoms with Crippen molar-refractivity contribution in [1.82, 2.24) is 24.7 Å². The molecule has 0 unspecified atom stereocenters. The van der Waals surface area contributed by atoms with E-state index < -0.39 is 0 Å². The molecule has 0 radical (unpaired) electrons. The van der Waals surface area contributed by atoms with Gasteiger partial charge in [0.05, 0.1) is 16.7 Å². The van der Waals surface area contributed by atoms with E-state index in [0.717, 1.165) is 16.5 Å². The fraction of sp³-hybridized carbons (Fsp3) is 0.100. The first-order chi connectivity index (χ1) is 13.7. The minimum absolute atomic E-state index is 0.143. The quantitative estimate of drug-likeness (QED) is 0.379. The van der Waals surface area contributed by atoms with Crippen LogP contribution in [0.3, 0.4) is 0 Å². The van der Waals surface area contributed by atoms with E-state index >= 15 is 0 Å². The molecule has 140 valence electrons. The summed E-state index contributed by atoms with van der Waals surface area (Å²) >= 11 is 7.44. The number of benzene rings is 2. The van der Waals surface area contributed by atoms with E-state index in [2.05, 4.69) is 26.7 Å². The van der Waals surface area contributed by atoms with Crippen molar-refractivity contribution in [3.05, 3.63) is 82.4 Å². The second-order valence-electron chi connectivity index (χ2n) is 6.03. The predicted molar refractivity (Wildman–Crippen MR) is 113 cm³/mol. The Labute approximate surface area is 170 Å². The van der Waals surface area contributed by atoms with Crippen molar-refractivity contribution in [3.8, 4) is 11.4 Å². The summed E-state index contributed by atoms with van der Waals surface area (Å²) in [6.07, 6.45) is 1.79. The van der Waals surface area contributed by atoms with Crippen LogP contribution in [0, 0.1) is 0 Å².